The van der Waals surface area contributed by atoms with Gasteiger partial charge in [-0.25, -0.2) is 0 Å². The molecule has 2 N–H and O–H groups in total. The highest BCUT2D eigenvalue weighted by Crippen LogP contribution is 2.44. The summed E-state index contributed by atoms with van der Waals surface area (Å²) >= 11 is 9.62. The predicted octanol–water partition coefficient (Wildman–Crippen LogP) is 3.70. The second-order valence-electron chi connectivity index (χ2n) is 5.25. The van der Waals surface area contributed by atoms with Crippen molar-refractivity contribution >= 4 is 34.7 Å². The monoisotopic (exact) mass is 303 g/mol. The molecule has 3 rings (SSSR count). The summed E-state index contributed by atoms with van der Waals surface area (Å²) < 4.78 is 6.88. The number of ether oxygens (including phenoxy) is 1. The minimum Gasteiger partial charge on any atom is -0.374 e. The van der Waals surface area contributed by atoms with E-state index in [1.165, 1.54) is 17.1 Å². The summed E-state index contributed by atoms with van der Waals surface area (Å²) in [5.74, 6) is 2.90. The van der Waals surface area contributed by atoms with Crippen LogP contribution in [0.2, 0.25) is 4.34 Å². The minimum atomic E-state index is 0.117. The van der Waals surface area contributed by atoms with Crippen LogP contribution in [0.15, 0.2) is 12.1 Å². The Labute approximate surface area is 121 Å². The van der Waals surface area contributed by atoms with Gasteiger partial charge >= 0.3 is 0 Å². The van der Waals surface area contributed by atoms with Gasteiger partial charge in [0.05, 0.1) is 9.94 Å². The van der Waals surface area contributed by atoms with Crippen molar-refractivity contribution in [3.8, 4) is 0 Å². The topological polar surface area (TPSA) is 35.2 Å². The third kappa shape index (κ3) is 2.59. The average molecular weight is 304 g/mol. The molecule has 1 aromatic rings. The molecule has 0 saturated carbocycles. The van der Waals surface area contributed by atoms with Crippen molar-refractivity contribution in [3.63, 3.8) is 0 Å². The Morgan fingerprint density at radius 3 is 3.06 bits per heavy atom. The lowest BCUT2D eigenvalue weighted by Crippen LogP contribution is -2.42. The molecule has 2 aliphatic rings. The first-order valence-corrected chi connectivity index (χ1v) is 8.76. The second-order valence-corrected chi connectivity index (χ2v) is 8.11. The maximum Gasteiger partial charge on any atom is 0.0931 e. The van der Waals surface area contributed by atoms with Crippen molar-refractivity contribution in [2.75, 3.05) is 18.1 Å². The van der Waals surface area contributed by atoms with E-state index in [-0.39, 0.29) is 11.6 Å². The molecule has 0 aromatic carbocycles. The first-order chi connectivity index (χ1) is 8.69. The van der Waals surface area contributed by atoms with Crippen molar-refractivity contribution in [2.24, 2.45) is 11.7 Å². The zero-order valence-corrected chi connectivity index (χ0v) is 12.6. The van der Waals surface area contributed by atoms with Crippen molar-refractivity contribution in [1.29, 1.82) is 0 Å². The molecule has 3 unspecified atom stereocenters. The van der Waals surface area contributed by atoms with Gasteiger partial charge in [0.1, 0.15) is 0 Å². The van der Waals surface area contributed by atoms with Crippen LogP contribution in [0, 0.1) is 5.92 Å². The Bertz CT molecular complexity index is 417. The molecule has 2 fully saturated rings. The number of halogens is 1. The molecule has 3 heterocycles. The van der Waals surface area contributed by atoms with E-state index in [4.69, 9.17) is 22.1 Å². The maximum atomic E-state index is 6.42. The number of hydrogen-bond acceptors (Lipinski definition) is 4. The van der Waals surface area contributed by atoms with E-state index in [9.17, 15) is 0 Å². The Kier molecular flexibility index (Phi) is 3.92. The number of hydrogen-bond donors (Lipinski definition) is 1. The normalized spacial score (nSPS) is 34.0. The molecule has 2 saturated heterocycles. The summed E-state index contributed by atoms with van der Waals surface area (Å²) in [5.41, 5.74) is 6.54. The second kappa shape index (κ2) is 5.33. The van der Waals surface area contributed by atoms with Crippen molar-refractivity contribution in [1.82, 2.24) is 0 Å². The van der Waals surface area contributed by atoms with E-state index < -0.39 is 0 Å². The molecule has 0 radical (unpaired) electrons. The predicted molar refractivity (Wildman–Crippen MR) is 79.6 cm³/mol. The minimum absolute atomic E-state index is 0.117. The van der Waals surface area contributed by atoms with Crippen LogP contribution in [-0.4, -0.2) is 23.7 Å². The van der Waals surface area contributed by atoms with Gasteiger partial charge in [0, 0.05) is 23.3 Å². The number of nitrogens with two attached hydrogens (primary N) is 1. The Balaban J connectivity index is 1.72. The van der Waals surface area contributed by atoms with Crippen LogP contribution >= 0.6 is 34.7 Å². The molecule has 100 valence electrons. The van der Waals surface area contributed by atoms with Crippen LogP contribution < -0.4 is 5.73 Å². The van der Waals surface area contributed by atoms with E-state index in [1.54, 1.807) is 11.3 Å². The fourth-order valence-corrected chi connectivity index (χ4v) is 5.51. The molecule has 1 aromatic heterocycles. The zero-order valence-electron chi connectivity index (χ0n) is 10.2. The van der Waals surface area contributed by atoms with Crippen molar-refractivity contribution in [2.45, 2.75) is 30.9 Å². The molecule has 3 atom stereocenters. The summed E-state index contributed by atoms with van der Waals surface area (Å²) in [4.78, 5) is 1.22. The molecule has 2 nitrogen and oxygen atoms in total. The summed E-state index contributed by atoms with van der Waals surface area (Å²) in [6.07, 6.45) is 3.37. The Morgan fingerprint density at radius 2 is 2.39 bits per heavy atom. The summed E-state index contributed by atoms with van der Waals surface area (Å²) in [6.45, 7) is 0.859. The van der Waals surface area contributed by atoms with Crippen LogP contribution in [0.4, 0.5) is 0 Å². The van der Waals surface area contributed by atoms with Gasteiger partial charge in [-0.1, -0.05) is 11.6 Å². The quantitative estimate of drug-likeness (QED) is 0.905. The van der Waals surface area contributed by atoms with Gasteiger partial charge in [0.15, 0.2) is 0 Å². The maximum absolute atomic E-state index is 6.42. The van der Waals surface area contributed by atoms with Gasteiger partial charge in [-0.15, -0.1) is 11.3 Å². The Hall–Kier alpha value is 0.260. The lowest BCUT2D eigenvalue weighted by molar-refractivity contribution is -0.0832. The summed E-state index contributed by atoms with van der Waals surface area (Å²) in [7, 11) is 0. The lowest BCUT2D eigenvalue weighted by Gasteiger charge is -2.39. The highest BCUT2D eigenvalue weighted by Gasteiger charge is 2.42. The molecule has 5 heteroatoms. The molecule has 0 bridgehead atoms. The van der Waals surface area contributed by atoms with Crippen LogP contribution in [-0.2, 0) is 4.74 Å². The first-order valence-electron chi connectivity index (χ1n) is 6.41. The Morgan fingerprint density at radius 1 is 1.50 bits per heavy atom. The van der Waals surface area contributed by atoms with Gasteiger partial charge in [-0.2, -0.15) is 11.8 Å². The van der Waals surface area contributed by atoms with Crippen LogP contribution in [0.5, 0.6) is 0 Å². The van der Waals surface area contributed by atoms with E-state index >= 15 is 0 Å². The van der Waals surface area contributed by atoms with Gasteiger partial charge in [0.2, 0.25) is 0 Å². The van der Waals surface area contributed by atoms with Gasteiger partial charge in [-0.3, -0.25) is 0 Å². The number of thiophene rings is 1. The molecule has 1 spiro atoms. The highest BCUT2D eigenvalue weighted by atomic mass is 35.5. The summed E-state index contributed by atoms with van der Waals surface area (Å²) in [5, 5.41) is 0. The molecular weight excluding hydrogens is 286 g/mol. The van der Waals surface area contributed by atoms with Crippen molar-refractivity contribution in [3.05, 3.63) is 21.3 Å². The van der Waals surface area contributed by atoms with E-state index in [2.05, 4.69) is 6.07 Å². The van der Waals surface area contributed by atoms with E-state index in [1.807, 2.05) is 17.8 Å². The zero-order chi connectivity index (χ0) is 12.6. The van der Waals surface area contributed by atoms with Crippen LogP contribution in [0.25, 0.3) is 0 Å². The fourth-order valence-electron chi connectivity index (χ4n) is 2.98. The van der Waals surface area contributed by atoms with Gasteiger partial charge in [-0.05, 0) is 43.1 Å². The molecular formula is C13H18ClNOS2. The third-order valence-electron chi connectivity index (χ3n) is 4.03. The fraction of sp³-hybridized carbons (Fsp3) is 0.692. The standard InChI is InChI=1S/C13H18ClNOS2/c14-11-2-1-10(18-11)12(15)9-3-5-16-13(7-9)4-6-17-8-13/h1-2,9,12H,3-8,15H2. The van der Waals surface area contributed by atoms with Gasteiger partial charge in [0.25, 0.3) is 0 Å². The van der Waals surface area contributed by atoms with Crippen LogP contribution in [0.3, 0.4) is 0 Å². The third-order valence-corrected chi connectivity index (χ3v) is 6.58. The highest BCUT2D eigenvalue weighted by molar-refractivity contribution is 7.99. The van der Waals surface area contributed by atoms with Gasteiger partial charge < -0.3 is 10.5 Å². The largest absolute Gasteiger partial charge is 0.374 e. The lowest BCUT2D eigenvalue weighted by atomic mass is 9.81. The van der Waals surface area contributed by atoms with Crippen LogP contribution in [0.1, 0.15) is 30.2 Å². The first kappa shape index (κ1) is 13.3. The summed E-state index contributed by atoms with van der Waals surface area (Å²) in [6, 6.07) is 4.14. The molecule has 0 aliphatic carbocycles. The molecule has 2 aliphatic heterocycles. The van der Waals surface area contributed by atoms with Crippen molar-refractivity contribution < 1.29 is 4.74 Å². The SMILES string of the molecule is NC(c1ccc(Cl)s1)C1CCOC2(CCSC2)C1. The molecule has 0 amide bonds. The smallest absolute Gasteiger partial charge is 0.0931 e. The number of rotatable bonds is 2. The van der Waals surface area contributed by atoms with E-state index in [0.29, 0.717) is 5.92 Å². The molecule has 18 heavy (non-hydrogen) atoms. The van der Waals surface area contributed by atoms with E-state index in [0.717, 1.165) is 29.5 Å². The average Bonchev–Trinajstić information content (AvgIpc) is 2.98. The number of thioether (sulfide) groups is 1.